The van der Waals surface area contributed by atoms with Gasteiger partial charge in [-0.25, -0.2) is 0 Å². The molecule has 1 heterocycles. The van der Waals surface area contributed by atoms with Gasteiger partial charge in [-0.1, -0.05) is 0 Å². The van der Waals surface area contributed by atoms with Crippen molar-refractivity contribution in [3.63, 3.8) is 0 Å². The van der Waals surface area contributed by atoms with Gasteiger partial charge >= 0.3 is 0 Å². The fourth-order valence-electron chi connectivity index (χ4n) is 6.56. The minimum atomic E-state index is -0.107. The van der Waals surface area contributed by atoms with Crippen molar-refractivity contribution in [1.82, 2.24) is 15.5 Å². The summed E-state index contributed by atoms with van der Waals surface area (Å²) in [5.74, 6) is 2.77. The molecule has 5 nitrogen and oxygen atoms in total. The largest absolute Gasteiger partial charge is 0.352 e. The van der Waals surface area contributed by atoms with E-state index >= 15 is 0 Å². The standard InChI is InChI=1S/C20H33N3O2/c1-13(23-5-3-4-18(12-23)21-14(2)24)19(25)22-20-9-15-6-16(10-20)8-17(7-15)11-20/h13,15-18H,3-12H2,1-2H3,(H,21,24)(H,22,25). The summed E-state index contributed by atoms with van der Waals surface area (Å²) in [5.41, 5.74) is 0.0902. The SMILES string of the molecule is CC(=O)NC1CCCN(C(C)C(=O)NC23CC4CC(CC(C4)C2)C3)C1. The van der Waals surface area contributed by atoms with Gasteiger partial charge in [0.15, 0.2) is 0 Å². The van der Waals surface area contributed by atoms with Crippen molar-refractivity contribution < 1.29 is 9.59 Å². The van der Waals surface area contributed by atoms with Crippen LogP contribution in [0.15, 0.2) is 0 Å². The highest BCUT2D eigenvalue weighted by Gasteiger charge is 2.51. The van der Waals surface area contributed by atoms with E-state index in [-0.39, 0.29) is 29.4 Å². The molecule has 5 aliphatic rings. The highest BCUT2D eigenvalue weighted by molar-refractivity contribution is 5.82. The average molecular weight is 348 g/mol. The number of nitrogens with one attached hydrogen (secondary N) is 2. The van der Waals surface area contributed by atoms with E-state index in [1.807, 2.05) is 6.92 Å². The topological polar surface area (TPSA) is 61.4 Å². The molecule has 0 aromatic heterocycles. The third-order valence-electron chi connectivity index (χ3n) is 7.21. The molecule has 5 rings (SSSR count). The highest BCUT2D eigenvalue weighted by Crippen LogP contribution is 2.55. The van der Waals surface area contributed by atoms with E-state index in [0.717, 1.165) is 43.7 Å². The van der Waals surface area contributed by atoms with Crippen LogP contribution in [-0.4, -0.2) is 47.4 Å². The molecule has 1 aliphatic heterocycles. The van der Waals surface area contributed by atoms with Crippen molar-refractivity contribution in [1.29, 1.82) is 0 Å². The maximum Gasteiger partial charge on any atom is 0.237 e. The van der Waals surface area contributed by atoms with Gasteiger partial charge in [0, 0.05) is 25.0 Å². The van der Waals surface area contributed by atoms with Crippen LogP contribution in [0.4, 0.5) is 0 Å². The summed E-state index contributed by atoms with van der Waals surface area (Å²) in [7, 11) is 0. The van der Waals surface area contributed by atoms with Gasteiger partial charge in [0.2, 0.25) is 11.8 Å². The van der Waals surface area contributed by atoms with E-state index in [0.29, 0.717) is 0 Å². The summed E-state index contributed by atoms with van der Waals surface area (Å²) in [6.07, 6.45) is 9.85. The number of carbonyl (C=O) groups is 2. The minimum absolute atomic E-state index is 0.0255. The molecule has 140 valence electrons. The average Bonchev–Trinajstić information content (AvgIpc) is 2.52. The number of hydrogen-bond donors (Lipinski definition) is 2. The molecule has 0 aromatic carbocycles. The van der Waals surface area contributed by atoms with Crippen LogP contribution in [0, 0.1) is 17.8 Å². The molecule has 0 spiro atoms. The van der Waals surface area contributed by atoms with Crippen LogP contribution in [-0.2, 0) is 9.59 Å². The van der Waals surface area contributed by atoms with Crippen molar-refractivity contribution >= 4 is 11.8 Å². The van der Waals surface area contributed by atoms with Crippen LogP contribution in [0.3, 0.4) is 0 Å². The van der Waals surface area contributed by atoms with Crippen LogP contribution < -0.4 is 10.6 Å². The molecule has 5 fully saturated rings. The molecule has 0 aromatic rings. The smallest absolute Gasteiger partial charge is 0.237 e. The molecule has 2 unspecified atom stereocenters. The summed E-state index contributed by atoms with van der Waals surface area (Å²) in [5, 5.41) is 6.53. The van der Waals surface area contributed by atoms with Crippen molar-refractivity contribution in [2.75, 3.05) is 13.1 Å². The summed E-state index contributed by atoms with van der Waals surface area (Å²) >= 11 is 0. The lowest BCUT2D eigenvalue weighted by molar-refractivity contribution is -0.132. The molecular weight excluding hydrogens is 314 g/mol. The molecule has 4 aliphatic carbocycles. The van der Waals surface area contributed by atoms with Gasteiger partial charge in [-0.3, -0.25) is 14.5 Å². The zero-order chi connectivity index (χ0) is 17.6. The van der Waals surface area contributed by atoms with Gasteiger partial charge in [0.25, 0.3) is 0 Å². The first-order valence-electron chi connectivity index (χ1n) is 10.3. The normalized spacial score (nSPS) is 41.4. The van der Waals surface area contributed by atoms with Crippen LogP contribution >= 0.6 is 0 Å². The minimum Gasteiger partial charge on any atom is -0.352 e. The van der Waals surface area contributed by atoms with Crippen LogP contribution in [0.1, 0.15) is 65.2 Å². The number of hydrogen-bond acceptors (Lipinski definition) is 3. The van der Waals surface area contributed by atoms with Gasteiger partial charge in [0.1, 0.15) is 0 Å². The third-order valence-corrected chi connectivity index (χ3v) is 7.21. The Hall–Kier alpha value is -1.10. The van der Waals surface area contributed by atoms with Crippen molar-refractivity contribution in [2.45, 2.75) is 82.8 Å². The van der Waals surface area contributed by atoms with Crippen LogP contribution in [0.2, 0.25) is 0 Å². The lowest BCUT2D eigenvalue weighted by atomic mass is 9.53. The lowest BCUT2D eigenvalue weighted by Crippen LogP contribution is -2.63. The van der Waals surface area contributed by atoms with E-state index in [1.54, 1.807) is 6.92 Å². The third kappa shape index (κ3) is 3.57. The Bertz CT molecular complexity index is 512. The second-order valence-electron chi connectivity index (χ2n) is 9.40. The second kappa shape index (κ2) is 6.57. The number of amides is 2. The predicted octanol–water partition coefficient (Wildman–Crippen LogP) is 2.06. The van der Waals surface area contributed by atoms with Crippen LogP contribution in [0.5, 0.6) is 0 Å². The van der Waals surface area contributed by atoms with Crippen molar-refractivity contribution in [3.8, 4) is 0 Å². The quantitative estimate of drug-likeness (QED) is 0.818. The fourth-order valence-corrected chi connectivity index (χ4v) is 6.56. The maximum atomic E-state index is 13.0. The summed E-state index contributed by atoms with van der Waals surface area (Å²) in [6, 6.07) is 0.0746. The Morgan fingerprint density at radius 3 is 2.24 bits per heavy atom. The zero-order valence-corrected chi connectivity index (χ0v) is 15.7. The maximum absolute atomic E-state index is 13.0. The van der Waals surface area contributed by atoms with E-state index in [9.17, 15) is 9.59 Å². The van der Waals surface area contributed by atoms with Crippen molar-refractivity contribution in [2.24, 2.45) is 17.8 Å². The lowest BCUT2D eigenvalue weighted by Gasteiger charge is -2.57. The highest BCUT2D eigenvalue weighted by atomic mass is 16.2. The predicted molar refractivity (Wildman–Crippen MR) is 96.9 cm³/mol. The first-order chi connectivity index (χ1) is 11.9. The molecule has 4 saturated carbocycles. The van der Waals surface area contributed by atoms with E-state index in [1.165, 1.54) is 38.5 Å². The van der Waals surface area contributed by atoms with Gasteiger partial charge in [-0.2, -0.15) is 0 Å². The van der Waals surface area contributed by atoms with Gasteiger partial charge < -0.3 is 10.6 Å². The molecule has 2 atom stereocenters. The number of likely N-dealkylation sites (tertiary alicyclic amines) is 1. The van der Waals surface area contributed by atoms with Crippen LogP contribution in [0.25, 0.3) is 0 Å². The first kappa shape index (κ1) is 17.3. The van der Waals surface area contributed by atoms with E-state index in [2.05, 4.69) is 15.5 Å². The summed E-state index contributed by atoms with van der Waals surface area (Å²) < 4.78 is 0. The molecular formula is C20H33N3O2. The Kier molecular flexibility index (Phi) is 4.55. The molecule has 2 amide bonds. The van der Waals surface area contributed by atoms with Gasteiger partial charge in [-0.15, -0.1) is 0 Å². The number of rotatable bonds is 4. The number of piperidine rings is 1. The molecule has 25 heavy (non-hydrogen) atoms. The zero-order valence-electron chi connectivity index (χ0n) is 15.7. The Labute approximate surface area is 151 Å². The first-order valence-corrected chi connectivity index (χ1v) is 10.3. The molecule has 5 heteroatoms. The Morgan fingerprint density at radius 1 is 1.08 bits per heavy atom. The molecule has 0 radical (unpaired) electrons. The van der Waals surface area contributed by atoms with Crippen molar-refractivity contribution in [3.05, 3.63) is 0 Å². The second-order valence-corrected chi connectivity index (χ2v) is 9.40. The monoisotopic (exact) mass is 347 g/mol. The molecule has 2 N–H and O–H groups in total. The van der Waals surface area contributed by atoms with Gasteiger partial charge in [0.05, 0.1) is 6.04 Å². The molecule has 1 saturated heterocycles. The Balaban J connectivity index is 1.37. The van der Waals surface area contributed by atoms with E-state index < -0.39 is 0 Å². The number of nitrogens with zero attached hydrogens (tertiary/aromatic N) is 1. The van der Waals surface area contributed by atoms with Gasteiger partial charge in [-0.05, 0) is 82.6 Å². The summed E-state index contributed by atoms with van der Waals surface area (Å²) in [6.45, 7) is 5.34. The summed E-state index contributed by atoms with van der Waals surface area (Å²) in [4.78, 5) is 26.6. The molecule has 4 bridgehead atoms. The fraction of sp³-hybridized carbons (Fsp3) is 0.900. The van der Waals surface area contributed by atoms with E-state index in [4.69, 9.17) is 0 Å². The number of carbonyl (C=O) groups excluding carboxylic acids is 2. The Morgan fingerprint density at radius 2 is 1.68 bits per heavy atom.